The summed E-state index contributed by atoms with van der Waals surface area (Å²) in [6.45, 7) is 2.24. The molecule has 0 saturated carbocycles. The molecule has 2 aromatic rings. The maximum Gasteiger partial charge on any atom is 0.262 e. The van der Waals surface area contributed by atoms with E-state index in [-0.39, 0.29) is 18.4 Å². The number of carbonyl (C=O) groups is 2. The zero-order chi connectivity index (χ0) is 16.7. The first-order chi connectivity index (χ1) is 11.1. The SMILES string of the molecule is CCNC(=O)c1cccc(NC(=O)COc2cccc(Cl)c2)c1. The van der Waals surface area contributed by atoms with Gasteiger partial charge in [0.25, 0.3) is 11.8 Å². The van der Waals surface area contributed by atoms with Gasteiger partial charge in [0, 0.05) is 22.8 Å². The third-order valence-corrected chi connectivity index (χ3v) is 3.15. The highest BCUT2D eigenvalue weighted by Gasteiger charge is 2.08. The number of benzene rings is 2. The molecule has 0 spiro atoms. The summed E-state index contributed by atoms with van der Waals surface area (Å²) >= 11 is 5.84. The van der Waals surface area contributed by atoms with E-state index in [1.165, 1.54) is 0 Å². The summed E-state index contributed by atoms with van der Waals surface area (Å²) in [4.78, 5) is 23.7. The van der Waals surface area contributed by atoms with Crippen molar-refractivity contribution in [1.82, 2.24) is 5.32 Å². The van der Waals surface area contributed by atoms with Crippen molar-refractivity contribution in [2.24, 2.45) is 0 Å². The Bertz CT molecular complexity index is 704. The number of hydrogen-bond acceptors (Lipinski definition) is 3. The molecule has 0 aliphatic heterocycles. The molecule has 6 heteroatoms. The Kier molecular flexibility index (Phi) is 6.00. The van der Waals surface area contributed by atoms with Gasteiger partial charge in [0.05, 0.1) is 0 Å². The number of anilines is 1. The van der Waals surface area contributed by atoms with Crippen LogP contribution < -0.4 is 15.4 Å². The third kappa shape index (κ3) is 5.30. The second kappa shape index (κ2) is 8.19. The number of rotatable bonds is 6. The summed E-state index contributed by atoms with van der Waals surface area (Å²) in [6.07, 6.45) is 0. The Balaban J connectivity index is 1.92. The Hall–Kier alpha value is -2.53. The van der Waals surface area contributed by atoms with Crippen LogP contribution in [-0.4, -0.2) is 25.0 Å². The first-order valence-electron chi connectivity index (χ1n) is 7.15. The monoisotopic (exact) mass is 332 g/mol. The molecule has 2 rings (SSSR count). The van der Waals surface area contributed by atoms with Gasteiger partial charge in [-0.25, -0.2) is 0 Å². The van der Waals surface area contributed by atoms with E-state index in [4.69, 9.17) is 16.3 Å². The largest absolute Gasteiger partial charge is 0.484 e. The zero-order valence-corrected chi connectivity index (χ0v) is 13.4. The minimum absolute atomic E-state index is 0.147. The molecule has 2 amide bonds. The predicted octanol–water partition coefficient (Wildman–Crippen LogP) is 3.11. The summed E-state index contributed by atoms with van der Waals surface area (Å²) < 4.78 is 5.36. The van der Waals surface area contributed by atoms with E-state index in [9.17, 15) is 9.59 Å². The highest BCUT2D eigenvalue weighted by atomic mass is 35.5. The Morgan fingerprint density at radius 3 is 2.65 bits per heavy atom. The van der Waals surface area contributed by atoms with E-state index in [1.54, 1.807) is 48.5 Å². The molecule has 0 aromatic heterocycles. The van der Waals surface area contributed by atoms with Gasteiger partial charge < -0.3 is 15.4 Å². The molecule has 0 radical (unpaired) electrons. The van der Waals surface area contributed by atoms with Crippen molar-refractivity contribution in [3.05, 3.63) is 59.1 Å². The number of amides is 2. The molecule has 0 bridgehead atoms. The molecule has 5 nitrogen and oxygen atoms in total. The Labute approximate surface area is 139 Å². The maximum atomic E-state index is 11.9. The van der Waals surface area contributed by atoms with Crippen molar-refractivity contribution in [2.75, 3.05) is 18.5 Å². The molecule has 0 heterocycles. The Morgan fingerprint density at radius 1 is 1.13 bits per heavy atom. The predicted molar refractivity (Wildman–Crippen MR) is 90.0 cm³/mol. The smallest absolute Gasteiger partial charge is 0.262 e. The van der Waals surface area contributed by atoms with Gasteiger partial charge in [0.2, 0.25) is 0 Å². The number of carbonyl (C=O) groups excluding carboxylic acids is 2. The number of nitrogens with one attached hydrogen (secondary N) is 2. The molecule has 120 valence electrons. The second-order valence-electron chi connectivity index (χ2n) is 4.73. The standard InChI is InChI=1S/C17H17ClN2O3/c1-2-19-17(22)12-5-3-7-14(9-12)20-16(21)11-23-15-8-4-6-13(18)10-15/h3-10H,2,11H2,1H3,(H,19,22)(H,20,21). The first-order valence-corrected chi connectivity index (χ1v) is 7.52. The van der Waals surface area contributed by atoms with E-state index in [0.717, 1.165) is 0 Å². The molecule has 23 heavy (non-hydrogen) atoms. The normalized spacial score (nSPS) is 10.0. The lowest BCUT2D eigenvalue weighted by molar-refractivity contribution is -0.118. The summed E-state index contributed by atoms with van der Waals surface area (Å²) in [5, 5.41) is 5.93. The van der Waals surface area contributed by atoms with E-state index in [0.29, 0.717) is 28.6 Å². The second-order valence-corrected chi connectivity index (χ2v) is 5.17. The number of halogens is 1. The van der Waals surface area contributed by atoms with Gasteiger partial charge in [0.1, 0.15) is 5.75 Å². The summed E-state index contributed by atoms with van der Waals surface area (Å²) in [5.41, 5.74) is 1.02. The maximum absolute atomic E-state index is 11.9. The van der Waals surface area contributed by atoms with Gasteiger partial charge >= 0.3 is 0 Å². The first kappa shape index (κ1) is 16.8. The number of ether oxygens (including phenoxy) is 1. The number of hydrogen-bond donors (Lipinski definition) is 2. The lowest BCUT2D eigenvalue weighted by atomic mass is 10.2. The average molecular weight is 333 g/mol. The topological polar surface area (TPSA) is 67.4 Å². The molecule has 0 saturated heterocycles. The molecular weight excluding hydrogens is 316 g/mol. The van der Waals surface area contributed by atoms with Crippen LogP contribution in [0.2, 0.25) is 5.02 Å². The molecule has 2 N–H and O–H groups in total. The summed E-state index contributed by atoms with van der Waals surface area (Å²) in [5.74, 6) is 0.0144. The highest BCUT2D eigenvalue weighted by molar-refractivity contribution is 6.30. The van der Waals surface area contributed by atoms with Crippen molar-refractivity contribution >= 4 is 29.1 Å². The van der Waals surface area contributed by atoms with E-state index in [2.05, 4.69) is 10.6 Å². The molecule has 0 fully saturated rings. The lowest BCUT2D eigenvalue weighted by Crippen LogP contribution is -2.23. The van der Waals surface area contributed by atoms with Crippen LogP contribution in [0, 0.1) is 0 Å². The van der Waals surface area contributed by atoms with Gasteiger partial charge in [-0.1, -0.05) is 23.7 Å². The van der Waals surface area contributed by atoms with Crippen LogP contribution in [0.3, 0.4) is 0 Å². The van der Waals surface area contributed by atoms with Crippen LogP contribution in [0.25, 0.3) is 0 Å². The fourth-order valence-electron chi connectivity index (χ4n) is 1.90. The van der Waals surface area contributed by atoms with E-state index >= 15 is 0 Å². The van der Waals surface area contributed by atoms with Crippen LogP contribution in [0.1, 0.15) is 17.3 Å². The van der Waals surface area contributed by atoms with Crippen molar-refractivity contribution in [3.63, 3.8) is 0 Å². The average Bonchev–Trinajstić information content (AvgIpc) is 2.53. The van der Waals surface area contributed by atoms with Crippen LogP contribution in [0.5, 0.6) is 5.75 Å². The van der Waals surface area contributed by atoms with Gasteiger partial charge in [-0.2, -0.15) is 0 Å². The third-order valence-electron chi connectivity index (χ3n) is 2.91. The minimum atomic E-state index is -0.321. The summed E-state index contributed by atoms with van der Waals surface area (Å²) in [7, 11) is 0. The molecule has 0 aliphatic rings. The lowest BCUT2D eigenvalue weighted by Gasteiger charge is -2.09. The van der Waals surface area contributed by atoms with Crippen LogP contribution in [0.4, 0.5) is 5.69 Å². The fraction of sp³-hybridized carbons (Fsp3) is 0.176. The van der Waals surface area contributed by atoms with Gasteiger partial charge in [0.15, 0.2) is 6.61 Å². The van der Waals surface area contributed by atoms with Crippen LogP contribution in [0.15, 0.2) is 48.5 Å². The molecular formula is C17H17ClN2O3. The van der Waals surface area contributed by atoms with Crippen LogP contribution >= 0.6 is 11.6 Å². The van der Waals surface area contributed by atoms with Crippen LogP contribution in [-0.2, 0) is 4.79 Å². The van der Waals surface area contributed by atoms with E-state index < -0.39 is 0 Å². The van der Waals surface area contributed by atoms with Crippen molar-refractivity contribution in [3.8, 4) is 5.75 Å². The van der Waals surface area contributed by atoms with Gasteiger partial charge in [-0.15, -0.1) is 0 Å². The van der Waals surface area contributed by atoms with Gasteiger partial charge in [-0.05, 0) is 43.3 Å². The molecule has 0 atom stereocenters. The molecule has 0 aliphatic carbocycles. The Morgan fingerprint density at radius 2 is 1.91 bits per heavy atom. The minimum Gasteiger partial charge on any atom is -0.484 e. The summed E-state index contributed by atoms with van der Waals surface area (Å²) in [6, 6.07) is 13.5. The highest BCUT2D eigenvalue weighted by Crippen LogP contribution is 2.17. The van der Waals surface area contributed by atoms with Crippen molar-refractivity contribution in [2.45, 2.75) is 6.92 Å². The fourth-order valence-corrected chi connectivity index (χ4v) is 2.08. The zero-order valence-electron chi connectivity index (χ0n) is 12.6. The molecule has 2 aromatic carbocycles. The molecule has 0 unspecified atom stereocenters. The van der Waals surface area contributed by atoms with Gasteiger partial charge in [-0.3, -0.25) is 9.59 Å². The quantitative estimate of drug-likeness (QED) is 0.854. The van der Waals surface area contributed by atoms with Crippen molar-refractivity contribution in [1.29, 1.82) is 0 Å². The van der Waals surface area contributed by atoms with Crippen molar-refractivity contribution < 1.29 is 14.3 Å². The van der Waals surface area contributed by atoms with E-state index in [1.807, 2.05) is 6.92 Å².